The number of nitrogens with one attached hydrogen (secondary N) is 2. The van der Waals surface area contributed by atoms with Crippen LogP contribution in [-0.4, -0.2) is 35.3 Å². The smallest absolute Gasteiger partial charge is 0.138 e. The molecule has 1 aliphatic carbocycles. The van der Waals surface area contributed by atoms with Crippen LogP contribution in [0.15, 0.2) is 6.07 Å². The van der Waals surface area contributed by atoms with Gasteiger partial charge in [-0.25, -0.2) is 9.97 Å². The van der Waals surface area contributed by atoms with Crippen molar-refractivity contribution in [1.29, 1.82) is 0 Å². The molecule has 5 nitrogen and oxygen atoms in total. The lowest BCUT2D eigenvalue weighted by molar-refractivity contribution is 0.219. The van der Waals surface area contributed by atoms with Crippen LogP contribution in [0.5, 0.6) is 0 Å². The largest absolute Gasteiger partial charge is 0.396 e. The van der Waals surface area contributed by atoms with Gasteiger partial charge >= 0.3 is 0 Å². The van der Waals surface area contributed by atoms with Gasteiger partial charge in [-0.3, -0.25) is 0 Å². The van der Waals surface area contributed by atoms with Gasteiger partial charge in [-0.1, -0.05) is 20.8 Å². The Hall–Kier alpha value is -1.36. The van der Waals surface area contributed by atoms with E-state index in [1.807, 2.05) is 13.1 Å². The van der Waals surface area contributed by atoms with Crippen molar-refractivity contribution in [2.45, 2.75) is 39.0 Å². The molecule has 1 saturated carbocycles. The predicted octanol–water partition coefficient (Wildman–Crippen LogP) is 2.00. The van der Waals surface area contributed by atoms with Crippen LogP contribution in [0.2, 0.25) is 0 Å². The first-order chi connectivity index (χ1) is 8.88. The maximum atomic E-state index is 9.33. The van der Waals surface area contributed by atoms with Gasteiger partial charge in [0.15, 0.2) is 0 Å². The molecule has 0 radical (unpaired) electrons. The van der Waals surface area contributed by atoms with Crippen LogP contribution < -0.4 is 10.6 Å². The van der Waals surface area contributed by atoms with Crippen molar-refractivity contribution in [2.24, 2.45) is 5.41 Å². The Morgan fingerprint density at radius 2 is 1.89 bits per heavy atom. The summed E-state index contributed by atoms with van der Waals surface area (Å²) in [7, 11) is 1.86. The number of hydrogen-bond acceptors (Lipinski definition) is 5. The second-order valence-corrected chi connectivity index (χ2v) is 6.47. The monoisotopic (exact) mass is 264 g/mol. The Labute approximate surface area is 114 Å². The molecule has 1 fully saturated rings. The Balaban J connectivity index is 2.15. The summed E-state index contributed by atoms with van der Waals surface area (Å²) in [5, 5.41) is 15.7. The van der Waals surface area contributed by atoms with Gasteiger partial charge in [-0.15, -0.1) is 0 Å². The van der Waals surface area contributed by atoms with Crippen LogP contribution in [-0.2, 0) is 5.41 Å². The van der Waals surface area contributed by atoms with Gasteiger partial charge in [-0.2, -0.15) is 0 Å². The number of hydrogen-bond donors (Lipinski definition) is 3. The summed E-state index contributed by atoms with van der Waals surface area (Å²) in [6, 6.07) is 1.91. The molecule has 2 rings (SSSR count). The molecule has 0 aromatic carbocycles. The van der Waals surface area contributed by atoms with E-state index in [-0.39, 0.29) is 17.4 Å². The molecule has 1 heterocycles. The molecule has 0 aliphatic heterocycles. The highest BCUT2D eigenvalue weighted by Crippen LogP contribution is 2.44. The molecule has 0 saturated heterocycles. The third kappa shape index (κ3) is 3.35. The van der Waals surface area contributed by atoms with Crippen molar-refractivity contribution >= 4 is 11.6 Å². The second kappa shape index (κ2) is 4.96. The predicted molar refractivity (Wildman–Crippen MR) is 77.5 cm³/mol. The topological polar surface area (TPSA) is 70.1 Å². The van der Waals surface area contributed by atoms with Crippen molar-refractivity contribution in [3.05, 3.63) is 11.9 Å². The highest BCUT2D eigenvalue weighted by Gasteiger charge is 2.41. The van der Waals surface area contributed by atoms with Gasteiger partial charge in [0.25, 0.3) is 0 Å². The fourth-order valence-corrected chi connectivity index (χ4v) is 1.85. The number of aliphatic hydroxyl groups excluding tert-OH is 1. The van der Waals surface area contributed by atoms with Crippen LogP contribution in [0.3, 0.4) is 0 Å². The average Bonchev–Trinajstić information content (AvgIpc) is 3.15. The van der Waals surface area contributed by atoms with Crippen molar-refractivity contribution < 1.29 is 5.11 Å². The minimum Gasteiger partial charge on any atom is -0.396 e. The maximum Gasteiger partial charge on any atom is 0.138 e. The van der Waals surface area contributed by atoms with Gasteiger partial charge < -0.3 is 15.7 Å². The first-order valence-corrected chi connectivity index (χ1v) is 6.81. The zero-order valence-corrected chi connectivity index (χ0v) is 12.2. The molecule has 1 aromatic heterocycles. The van der Waals surface area contributed by atoms with E-state index < -0.39 is 0 Å². The normalized spacial score (nSPS) is 17.1. The number of aliphatic hydroxyl groups is 1. The van der Waals surface area contributed by atoms with Gasteiger partial charge in [0.05, 0.1) is 6.61 Å². The quantitative estimate of drug-likeness (QED) is 0.759. The molecule has 0 bridgehead atoms. The highest BCUT2D eigenvalue weighted by atomic mass is 16.3. The second-order valence-electron chi connectivity index (χ2n) is 6.47. The minimum atomic E-state index is -0.0858. The summed E-state index contributed by atoms with van der Waals surface area (Å²) in [5.74, 6) is 2.45. The number of rotatable bonds is 5. The van der Waals surface area contributed by atoms with E-state index in [9.17, 15) is 5.11 Å². The number of aromatic nitrogens is 2. The summed E-state index contributed by atoms with van der Waals surface area (Å²) in [6.07, 6.45) is 2.18. The molecular formula is C14H24N4O. The summed E-state index contributed by atoms with van der Waals surface area (Å²) in [6.45, 7) is 7.31. The molecule has 0 unspecified atom stereocenters. The molecule has 19 heavy (non-hydrogen) atoms. The summed E-state index contributed by atoms with van der Waals surface area (Å²) in [5.41, 5.74) is -0.00973. The summed E-state index contributed by atoms with van der Waals surface area (Å²) < 4.78 is 0. The van der Waals surface area contributed by atoms with Crippen molar-refractivity contribution in [1.82, 2.24) is 9.97 Å². The first kappa shape index (κ1) is 14.1. The van der Waals surface area contributed by atoms with Crippen molar-refractivity contribution in [3.8, 4) is 0 Å². The third-order valence-electron chi connectivity index (χ3n) is 3.59. The maximum absolute atomic E-state index is 9.33. The summed E-state index contributed by atoms with van der Waals surface area (Å²) in [4.78, 5) is 9.07. The lowest BCUT2D eigenvalue weighted by Gasteiger charge is -2.20. The van der Waals surface area contributed by atoms with E-state index in [0.717, 1.165) is 36.8 Å². The Morgan fingerprint density at radius 1 is 1.26 bits per heavy atom. The van der Waals surface area contributed by atoms with E-state index >= 15 is 0 Å². The molecule has 0 amide bonds. The van der Waals surface area contributed by atoms with Crippen LogP contribution in [0.4, 0.5) is 11.6 Å². The Kier molecular flexibility index (Phi) is 3.67. The van der Waals surface area contributed by atoms with Crippen LogP contribution in [0.1, 0.15) is 39.4 Å². The molecular weight excluding hydrogens is 240 g/mol. The van der Waals surface area contributed by atoms with Gasteiger partial charge in [0.2, 0.25) is 0 Å². The highest BCUT2D eigenvalue weighted by molar-refractivity contribution is 5.48. The zero-order chi connectivity index (χ0) is 14.1. The molecule has 3 N–H and O–H groups in total. The van der Waals surface area contributed by atoms with Crippen LogP contribution >= 0.6 is 0 Å². The zero-order valence-electron chi connectivity index (χ0n) is 12.2. The lowest BCUT2D eigenvalue weighted by atomic mass is 9.96. The lowest BCUT2D eigenvalue weighted by Crippen LogP contribution is -2.22. The minimum absolute atomic E-state index is 0.0760. The van der Waals surface area contributed by atoms with E-state index in [0.29, 0.717) is 0 Å². The number of anilines is 2. The molecule has 0 spiro atoms. The van der Waals surface area contributed by atoms with Gasteiger partial charge in [0.1, 0.15) is 17.5 Å². The van der Waals surface area contributed by atoms with Crippen LogP contribution in [0.25, 0.3) is 0 Å². The van der Waals surface area contributed by atoms with Crippen molar-refractivity contribution in [2.75, 3.05) is 30.8 Å². The van der Waals surface area contributed by atoms with E-state index in [1.54, 1.807) is 0 Å². The SMILES string of the molecule is CNc1cc(NCC2(CO)CC2)nc(C(C)(C)C)n1. The molecule has 106 valence electrons. The number of nitrogens with zero attached hydrogens (tertiary/aromatic N) is 2. The van der Waals surface area contributed by atoms with E-state index in [2.05, 4.69) is 41.4 Å². The Bertz CT molecular complexity index is 449. The molecule has 0 atom stereocenters. The fourth-order valence-electron chi connectivity index (χ4n) is 1.85. The average molecular weight is 264 g/mol. The van der Waals surface area contributed by atoms with Gasteiger partial charge in [-0.05, 0) is 12.8 Å². The van der Waals surface area contributed by atoms with E-state index in [1.165, 1.54) is 0 Å². The van der Waals surface area contributed by atoms with Gasteiger partial charge in [0, 0.05) is 30.5 Å². The summed E-state index contributed by atoms with van der Waals surface area (Å²) >= 11 is 0. The molecule has 1 aliphatic rings. The third-order valence-corrected chi connectivity index (χ3v) is 3.59. The fraction of sp³-hybridized carbons (Fsp3) is 0.714. The van der Waals surface area contributed by atoms with Crippen molar-refractivity contribution in [3.63, 3.8) is 0 Å². The van der Waals surface area contributed by atoms with Crippen LogP contribution in [0, 0.1) is 5.41 Å². The van der Waals surface area contributed by atoms with E-state index in [4.69, 9.17) is 0 Å². The molecule has 5 heteroatoms. The standard InChI is InChI=1S/C14H24N4O/c1-13(2,3)12-17-10(15-4)7-11(18-12)16-8-14(9-19)5-6-14/h7,19H,5-6,8-9H2,1-4H3,(H2,15,16,17,18). The first-order valence-electron chi connectivity index (χ1n) is 6.81. The molecule has 1 aromatic rings. The Morgan fingerprint density at radius 3 is 2.37 bits per heavy atom.